The largest absolute Gasteiger partial charge is 0.468 e. The van der Waals surface area contributed by atoms with Gasteiger partial charge in [0.2, 0.25) is 0 Å². The Bertz CT molecular complexity index is 836. The van der Waals surface area contributed by atoms with Gasteiger partial charge in [-0.05, 0) is 75.0 Å². The van der Waals surface area contributed by atoms with Crippen LogP contribution in [0.15, 0.2) is 41.0 Å². The number of halogens is 1. The summed E-state index contributed by atoms with van der Waals surface area (Å²) >= 11 is 6.18. The number of nitrogens with one attached hydrogen (secondary N) is 2. The van der Waals surface area contributed by atoms with Crippen molar-refractivity contribution in [3.8, 4) is 0 Å². The van der Waals surface area contributed by atoms with Gasteiger partial charge in [-0.1, -0.05) is 17.7 Å². The van der Waals surface area contributed by atoms with E-state index in [0.29, 0.717) is 19.0 Å². The van der Waals surface area contributed by atoms with Crippen molar-refractivity contribution in [1.29, 1.82) is 0 Å². The lowest BCUT2D eigenvalue weighted by atomic mass is 10.1. The Morgan fingerprint density at radius 3 is 2.83 bits per heavy atom. The van der Waals surface area contributed by atoms with E-state index in [1.54, 1.807) is 6.26 Å². The smallest absolute Gasteiger partial charge is 0.314 e. The van der Waals surface area contributed by atoms with E-state index < -0.39 is 0 Å². The van der Waals surface area contributed by atoms with Crippen LogP contribution >= 0.6 is 11.6 Å². The monoisotopic (exact) mass is 430 g/mol. The number of nitrogens with zero attached hydrogens (tertiary/aromatic N) is 2. The summed E-state index contributed by atoms with van der Waals surface area (Å²) in [5.41, 5.74) is 2.43. The normalized spacial score (nSPS) is 20.5. The second-order valence-corrected chi connectivity index (χ2v) is 8.83. The third-order valence-corrected chi connectivity index (χ3v) is 6.49. The molecule has 1 aromatic heterocycles. The van der Waals surface area contributed by atoms with Crippen LogP contribution in [0.5, 0.6) is 0 Å². The summed E-state index contributed by atoms with van der Waals surface area (Å²) in [6.07, 6.45) is 5.17. The van der Waals surface area contributed by atoms with Gasteiger partial charge in [0.15, 0.2) is 0 Å². The van der Waals surface area contributed by atoms with Crippen LogP contribution in [-0.2, 0) is 0 Å². The minimum Gasteiger partial charge on any atom is -0.468 e. The van der Waals surface area contributed by atoms with E-state index in [1.165, 1.54) is 24.1 Å². The lowest BCUT2D eigenvalue weighted by molar-refractivity contribution is 0.203. The van der Waals surface area contributed by atoms with Crippen molar-refractivity contribution < 1.29 is 9.21 Å². The predicted octanol–water partition coefficient (Wildman–Crippen LogP) is 4.20. The Morgan fingerprint density at radius 1 is 1.23 bits per heavy atom. The summed E-state index contributed by atoms with van der Waals surface area (Å²) in [7, 11) is 0. The van der Waals surface area contributed by atoms with Gasteiger partial charge in [-0.2, -0.15) is 0 Å². The molecule has 6 nitrogen and oxygen atoms in total. The molecule has 2 saturated heterocycles. The maximum absolute atomic E-state index is 12.4. The number of carbonyl (C=O) groups is 1. The van der Waals surface area contributed by atoms with Crippen LogP contribution in [0.3, 0.4) is 0 Å². The molecule has 2 N–H and O–H groups in total. The summed E-state index contributed by atoms with van der Waals surface area (Å²) in [6, 6.07) is 9.92. The molecule has 2 atom stereocenters. The molecule has 2 fully saturated rings. The molecule has 162 valence electrons. The van der Waals surface area contributed by atoms with Crippen LogP contribution in [0, 0.1) is 12.8 Å². The first-order valence-electron chi connectivity index (χ1n) is 10.9. The minimum absolute atomic E-state index is 0.0982. The van der Waals surface area contributed by atoms with E-state index in [1.807, 2.05) is 24.3 Å². The number of hydrogen-bond donors (Lipinski definition) is 2. The first-order valence-corrected chi connectivity index (χ1v) is 11.3. The summed E-state index contributed by atoms with van der Waals surface area (Å²) < 4.78 is 5.63. The van der Waals surface area contributed by atoms with Gasteiger partial charge in [0.1, 0.15) is 5.76 Å². The molecule has 2 aliphatic rings. The second-order valence-electron chi connectivity index (χ2n) is 8.40. The van der Waals surface area contributed by atoms with E-state index in [2.05, 4.69) is 33.4 Å². The molecular weight excluding hydrogens is 400 g/mol. The fourth-order valence-electron chi connectivity index (χ4n) is 4.57. The fraction of sp³-hybridized carbons (Fsp3) is 0.522. The fourth-order valence-corrected chi connectivity index (χ4v) is 4.74. The molecule has 2 aliphatic heterocycles. The topological polar surface area (TPSA) is 60.8 Å². The zero-order valence-corrected chi connectivity index (χ0v) is 18.3. The number of aryl methyl sites for hydroxylation is 1. The lowest BCUT2D eigenvalue weighted by Gasteiger charge is -2.26. The summed E-state index contributed by atoms with van der Waals surface area (Å²) in [5.74, 6) is 1.36. The molecule has 4 rings (SSSR count). The van der Waals surface area contributed by atoms with E-state index >= 15 is 0 Å². The number of benzene rings is 1. The van der Waals surface area contributed by atoms with Gasteiger partial charge in [-0.25, -0.2) is 4.79 Å². The Kier molecular flexibility index (Phi) is 6.85. The average Bonchev–Trinajstić information content (AvgIpc) is 3.51. The molecule has 3 heterocycles. The highest BCUT2D eigenvalue weighted by Crippen LogP contribution is 2.29. The summed E-state index contributed by atoms with van der Waals surface area (Å²) in [5, 5.41) is 6.88. The van der Waals surface area contributed by atoms with Crippen LogP contribution in [0.2, 0.25) is 5.02 Å². The number of amides is 2. The predicted molar refractivity (Wildman–Crippen MR) is 120 cm³/mol. The van der Waals surface area contributed by atoms with Gasteiger partial charge in [0.05, 0.1) is 12.3 Å². The van der Waals surface area contributed by atoms with Crippen molar-refractivity contribution in [2.75, 3.05) is 44.2 Å². The van der Waals surface area contributed by atoms with Gasteiger partial charge >= 0.3 is 6.03 Å². The van der Waals surface area contributed by atoms with Gasteiger partial charge in [-0.15, -0.1) is 0 Å². The molecule has 0 aliphatic carbocycles. The van der Waals surface area contributed by atoms with Gasteiger partial charge in [0, 0.05) is 36.9 Å². The quantitative estimate of drug-likeness (QED) is 0.691. The number of carbonyl (C=O) groups excluding carboxylic acids is 1. The molecule has 0 saturated carbocycles. The zero-order chi connectivity index (χ0) is 20.9. The highest BCUT2D eigenvalue weighted by atomic mass is 35.5. The van der Waals surface area contributed by atoms with Crippen molar-refractivity contribution in [3.63, 3.8) is 0 Å². The molecule has 7 heteroatoms. The maximum atomic E-state index is 12.4. The number of rotatable bonds is 7. The Hall–Kier alpha value is -2.18. The van der Waals surface area contributed by atoms with Crippen molar-refractivity contribution in [2.24, 2.45) is 5.92 Å². The maximum Gasteiger partial charge on any atom is 0.314 e. The molecule has 0 bridgehead atoms. The van der Waals surface area contributed by atoms with Gasteiger partial charge in [0.25, 0.3) is 0 Å². The van der Waals surface area contributed by atoms with E-state index in [-0.39, 0.29) is 12.1 Å². The minimum atomic E-state index is -0.108. The van der Waals surface area contributed by atoms with Crippen molar-refractivity contribution in [3.05, 3.63) is 52.9 Å². The second kappa shape index (κ2) is 9.75. The van der Waals surface area contributed by atoms with Crippen molar-refractivity contribution in [1.82, 2.24) is 15.5 Å². The molecule has 2 aromatic rings. The molecular formula is C23H31ClN4O2. The van der Waals surface area contributed by atoms with E-state index in [0.717, 1.165) is 43.4 Å². The van der Waals surface area contributed by atoms with Gasteiger partial charge in [-0.3, -0.25) is 4.90 Å². The molecule has 2 unspecified atom stereocenters. The van der Waals surface area contributed by atoms with Crippen LogP contribution < -0.4 is 15.5 Å². The Morgan fingerprint density at radius 2 is 2.07 bits per heavy atom. The number of anilines is 1. The summed E-state index contributed by atoms with van der Waals surface area (Å²) in [6.45, 7) is 7.37. The van der Waals surface area contributed by atoms with Crippen LogP contribution in [0.1, 0.15) is 36.6 Å². The van der Waals surface area contributed by atoms with Crippen LogP contribution in [-0.4, -0.2) is 50.2 Å². The lowest BCUT2D eigenvalue weighted by Crippen LogP contribution is -2.43. The number of furan rings is 1. The SMILES string of the molecule is Cc1ccc(Cl)cc1N1CCC(CNC(=O)NCC(c2ccco2)N2CCCC2)C1. The van der Waals surface area contributed by atoms with Crippen LogP contribution in [0.25, 0.3) is 0 Å². The van der Waals surface area contributed by atoms with Crippen molar-refractivity contribution in [2.45, 2.75) is 32.2 Å². The molecule has 30 heavy (non-hydrogen) atoms. The molecule has 2 amide bonds. The highest BCUT2D eigenvalue weighted by molar-refractivity contribution is 6.30. The van der Waals surface area contributed by atoms with Crippen LogP contribution in [0.4, 0.5) is 10.5 Å². The highest BCUT2D eigenvalue weighted by Gasteiger charge is 2.27. The first-order chi connectivity index (χ1) is 14.6. The third kappa shape index (κ3) is 5.10. The third-order valence-electron chi connectivity index (χ3n) is 6.26. The number of urea groups is 1. The number of hydrogen-bond acceptors (Lipinski definition) is 4. The zero-order valence-electron chi connectivity index (χ0n) is 17.6. The van der Waals surface area contributed by atoms with E-state index in [9.17, 15) is 4.79 Å². The summed E-state index contributed by atoms with van der Waals surface area (Å²) in [4.78, 5) is 17.2. The molecule has 0 spiro atoms. The van der Waals surface area contributed by atoms with Gasteiger partial charge < -0.3 is 20.0 Å². The Labute approximate surface area is 183 Å². The average molecular weight is 431 g/mol. The number of likely N-dealkylation sites (tertiary alicyclic amines) is 1. The first kappa shape index (κ1) is 21.1. The molecule has 1 aromatic carbocycles. The van der Waals surface area contributed by atoms with Crippen molar-refractivity contribution >= 4 is 23.3 Å². The van der Waals surface area contributed by atoms with E-state index in [4.69, 9.17) is 16.0 Å². The molecule has 0 radical (unpaired) electrons. The Balaban J connectivity index is 1.24. The standard InChI is InChI=1S/C23H31ClN4O2/c1-17-6-7-19(24)13-20(17)28-11-8-18(16-28)14-25-23(29)26-15-21(22-5-4-12-30-22)27-9-2-3-10-27/h4-7,12-13,18,21H,2-3,8-11,14-16H2,1H3,(H2,25,26,29).